The number of hydrogen-bond donors (Lipinski definition) is 2. The predicted octanol–water partition coefficient (Wildman–Crippen LogP) is 2.88. The zero-order valence-electron chi connectivity index (χ0n) is 12.4. The first-order chi connectivity index (χ1) is 10.5. The molecule has 0 radical (unpaired) electrons. The van der Waals surface area contributed by atoms with Crippen molar-refractivity contribution in [3.63, 3.8) is 0 Å². The molecule has 0 aliphatic rings. The SMILES string of the molecule is COc1ccc(C(C)NC(=O)c2ccccc2C(=O)O)cc1. The number of aromatic carboxylic acids is 1. The Morgan fingerprint density at radius 3 is 2.18 bits per heavy atom. The van der Waals surface area contributed by atoms with E-state index < -0.39 is 11.9 Å². The Morgan fingerprint density at radius 1 is 1.05 bits per heavy atom. The molecule has 1 amide bonds. The Kier molecular flexibility index (Phi) is 4.78. The van der Waals surface area contributed by atoms with Gasteiger partial charge in [-0.25, -0.2) is 4.79 Å². The normalized spacial score (nSPS) is 11.5. The van der Waals surface area contributed by atoms with E-state index in [1.165, 1.54) is 12.1 Å². The van der Waals surface area contributed by atoms with Gasteiger partial charge in [0.05, 0.1) is 24.3 Å². The first-order valence-electron chi connectivity index (χ1n) is 6.80. The van der Waals surface area contributed by atoms with E-state index in [4.69, 9.17) is 9.84 Å². The van der Waals surface area contributed by atoms with Gasteiger partial charge < -0.3 is 15.2 Å². The van der Waals surface area contributed by atoms with Crippen LogP contribution < -0.4 is 10.1 Å². The third-order valence-corrected chi connectivity index (χ3v) is 3.37. The summed E-state index contributed by atoms with van der Waals surface area (Å²) in [7, 11) is 1.59. The van der Waals surface area contributed by atoms with Gasteiger partial charge in [0.25, 0.3) is 5.91 Å². The highest BCUT2D eigenvalue weighted by molar-refractivity contribution is 6.04. The van der Waals surface area contributed by atoms with Crippen LogP contribution in [-0.2, 0) is 0 Å². The average molecular weight is 299 g/mol. The van der Waals surface area contributed by atoms with Gasteiger partial charge in [-0.1, -0.05) is 24.3 Å². The molecule has 114 valence electrons. The van der Waals surface area contributed by atoms with Crippen LogP contribution in [0.3, 0.4) is 0 Å². The topological polar surface area (TPSA) is 75.6 Å². The maximum Gasteiger partial charge on any atom is 0.336 e. The number of ether oxygens (including phenoxy) is 1. The van der Waals surface area contributed by atoms with Crippen LogP contribution in [0, 0.1) is 0 Å². The van der Waals surface area contributed by atoms with E-state index in [1.807, 2.05) is 31.2 Å². The lowest BCUT2D eigenvalue weighted by molar-refractivity contribution is 0.0690. The Balaban J connectivity index is 2.16. The summed E-state index contributed by atoms with van der Waals surface area (Å²) in [4.78, 5) is 23.4. The van der Waals surface area contributed by atoms with Crippen molar-refractivity contribution in [2.75, 3.05) is 7.11 Å². The summed E-state index contributed by atoms with van der Waals surface area (Å²) in [5, 5.41) is 11.9. The molecule has 0 saturated heterocycles. The minimum atomic E-state index is -1.12. The standard InChI is InChI=1S/C17H17NO4/c1-11(12-7-9-13(22-2)10-8-12)18-16(19)14-5-3-4-6-15(14)17(20)21/h3-11H,1-2H3,(H,18,19)(H,20,21). The fourth-order valence-corrected chi connectivity index (χ4v) is 2.12. The van der Waals surface area contributed by atoms with Gasteiger partial charge in [-0.05, 0) is 36.8 Å². The molecule has 0 saturated carbocycles. The average Bonchev–Trinajstić information content (AvgIpc) is 2.54. The van der Waals surface area contributed by atoms with Gasteiger partial charge in [-0.3, -0.25) is 4.79 Å². The van der Waals surface area contributed by atoms with Crippen molar-refractivity contribution in [3.05, 3.63) is 65.2 Å². The second kappa shape index (κ2) is 6.76. The molecule has 0 bridgehead atoms. The lowest BCUT2D eigenvalue weighted by Crippen LogP contribution is -2.28. The smallest absolute Gasteiger partial charge is 0.336 e. The monoisotopic (exact) mass is 299 g/mol. The zero-order chi connectivity index (χ0) is 16.1. The summed E-state index contributed by atoms with van der Waals surface area (Å²) in [5.41, 5.74) is 1.04. The molecule has 2 N–H and O–H groups in total. The van der Waals surface area contributed by atoms with Crippen LogP contribution in [0.15, 0.2) is 48.5 Å². The van der Waals surface area contributed by atoms with Gasteiger partial charge in [0, 0.05) is 0 Å². The Hall–Kier alpha value is -2.82. The third-order valence-electron chi connectivity index (χ3n) is 3.37. The fourth-order valence-electron chi connectivity index (χ4n) is 2.12. The van der Waals surface area contributed by atoms with E-state index in [0.717, 1.165) is 11.3 Å². The molecule has 0 spiro atoms. The predicted molar refractivity (Wildman–Crippen MR) is 82.3 cm³/mol. The van der Waals surface area contributed by atoms with Crippen molar-refractivity contribution >= 4 is 11.9 Å². The molecular formula is C17H17NO4. The number of amides is 1. The number of hydrogen-bond acceptors (Lipinski definition) is 3. The molecule has 0 aliphatic carbocycles. The van der Waals surface area contributed by atoms with Crippen LogP contribution >= 0.6 is 0 Å². The number of carbonyl (C=O) groups is 2. The molecule has 2 aromatic carbocycles. The molecule has 1 unspecified atom stereocenters. The number of rotatable bonds is 5. The maximum atomic E-state index is 12.3. The molecular weight excluding hydrogens is 282 g/mol. The minimum Gasteiger partial charge on any atom is -0.497 e. The number of methoxy groups -OCH3 is 1. The molecule has 0 aromatic heterocycles. The van der Waals surface area contributed by atoms with E-state index in [-0.39, 0.29) is 17.2 Å². The summed E-state index contributed by atoms with van der Waals surface area (Å²) >= 11 is 0. The van der Waals surface area contributed by atoms with Gasteiger partial charge in [0.1, 0.15) is 5.75 Å². The van der Waals surface area contributed by atoms with Crippen LogP contribution in [-0.4, -0.2) is 24.1 Å². The van der Waals surface area contributed by atoms with Crippen molar-refractivity contribution in [2.45, 2.75) is 13.0 Å². The fraction of sp³-hybridized carbons (Fsp3) is 0.176. The van der Waals surface area contributed by atoms with E-state index in [9.17, 15) is 9.59 Å². The van der Waals surface area contributed by atoms with E-state index >= 15 is 0 Å². The highest BCUT2D eigenvalue weighted by atomic mass is 16.5. The van der Waals surface area contributed by atoms with Gasteiger partial charge in [-0.2, -0.15) is 0 Å². The molecule has 0 aliphatic heterocycles. The molecule has 1 atom stereocenters. The van der Waals surface area contributed by atoms with E-state index in [0.29, 0.717) is 0 Å². The van der Waals surface area contributed by atoms with Gasteiger partial charge in [0.2, 0.25) is 0 Å². The highest BCUT2D eigenvalue weighted by Crippen LogP contribution is 2.18. The summed E-state index contributed by atoms with van der Waals surface area (Å²) < 4.78 is 5.09. The molecule has 2 rings (SSSR count). The van der Waals surface area contributed by atoms with Crippen molar-refractivity contribution in [1.29, 1.82) is 0 Å². The lowest BCUT2D eigenvalue weighted by Gasteiger charge is -2.15. The van der Waals surface area contributed by atoms with Gasteiger partial charge in [-0.15, -0.1) is 0 Å². The Morgan fingerprint density at radius 2 is 1.64 bits per heavy atom. The van der Waals surface area contributed by atoms with E-state index in [2.05, 4.69) is 5.32 Å². The van der Waals surface area contributed by atoms with Crippen LogP contribution in [0.5, 0.6) is 5.75 Å². The first kappa shape index (κ1) is 15.6. The second-order valence-corrected chi connectivity index (χ2v) is 4.82. The summed E-state index contributed by atoms with van der Waals surface area (Å²) in [5.74, 6) is -0.803. The molecule has 2 aromatic rings. The van der Waals surface area contributed by atoms with Gasteiger partial charge in [0.15, 0.2) is 0 Å². The summed E-state index contributed by atoms with van der Waals surface area (Å²) in [6.45, 7) is 1.84. The van der Waals surface area contributed by atoms with Crippen LogP contribution in [0.1, 0.15) is 39.2 Å². The Labute approximate surface area is 128 Å². The largest absolute Gasteiger partial charge is 0.497 e. The first-order valence-corrected chi connectivity index (χ1v) is 6.80. The quantitative estimate of drug-likeness (QED) is 0.890. The van der Waals surface area contributed by atoms with E-state index in [1.54, 1.807) is 19.2 Å². The number of nitrogens with one attached hydrogen (secondary N) is 1. The minimum absolute atomic E-state index is 0.0121. The van der Waals surface area contributed by atoms with Crippen LogP contribution in [0.2, 0.25) is 0 Å². The molecule has 22 heavy (non-hydrogen) atoms. The van der Waals surface area contributed by atoms with Crippen LogP contribution in [0.4, 0.5) is 0 Å². The number of benzene rings is 2. The van der Waals surface area contributed by atoms with Crippen LogP contribution in [0.25, 0.3) is 0 Å². The van der Waals surface area contributed by atoms with Gasteiger partial charge >= 0.3 is 5.97 Å². The zero-order valence-corrected chi connectivity index (χ0v) is 12.4. The lowest BCUT2D eigenvalue weighted by atomic mass is 10.0. The number of carboxylic acid groups (broad SMARTS) is 1. The van der Waals surface area contributed by atoms with Crippen molar-refractivity contribution in [1.82, 2.24) is 5.32 Å². The Bertz CT molecular complexity index is 679. The summed E-state index contributed by atoms with van der Waals surface area (Å²) in [6, 6.07) is 13.2. The van der Waals surface area contributed by atoms with Crippen molar-refractivity contribution in [2.24, 2.45) is 0 Å². The highest BCUT2D eigenvalue weighted by Gasteiger charge is 2.17. The second-order valence-electron chi connectivity index (χ2n) is 4.82. The molecule has 0 fully saturated rings. The summed E-state index contributed by atoms with van der Waals surface area (Å²) in [6.07, 6.45) is 0. The number of carbonyl (C=O) groups excluding carboxylic acids is 1. The number of carboxylic acids is 1. The van der Waals surface area contributed by atoms with Crippen molar-refractivity contribution in [3.8, 4) is 5.75 Å². The molecule has 5 heteroatoms. The molecule has 5 nitrogen and oxygen atoms in total. The third kappa shape index (κ3) is 3.44. The van der Waals surface area contributed by atoms with Crippen molar-refractivity contribution < 1.29 is 19.4 Å². The molecule has 0 heterocycles. The maximum absolute atomic E-state index is 12.3.